The molecule has 0 radical (unpaired) electrons. The van der Waals surface area contributed by atoms with Crippen molar-refractivity contribution >= 4 is 24.5 Å². The van der Waals surface area contributed by atoms with E-state index in [1.165, 1.54) is 0 Å². The fourth-order valence-corrected chi connectivity index (χ4v) is 7.48. The average molecular weight is 699 g/mol. The van der Waals surface area contributed by atoms with E-state index in [1.807, 2.05) is 36.4 Å². The first kappa shape index (κ1) is 40.9. The van der Waals surface area contributed by atoms with Crippen LogP contribution in [0.1, 0.15) is 152 Å². The quantitative estimate of drug-likeness (QED) is 0.0874. The third-order valence-electron chi connectivity index (χ3n) is 9.09. The van der Waals surface area contributed by atoms with Gasteiger partial charge >= 0.3 is 7.82 Å². The number of hydrogen-bond donors (Lipinski definition) is 0. The largest absolute Gasteiger partial charge is 0.647 e. The van der Waals surface area contributed by atoms with Gasteiger partial charge in [-0.1, -0.05) is 118 Å². The number of allylic oxidation sites excluding steroid dienone is 3. The van der Waals surface area contributed by atoms with Crippen LogP contribution >= 0.6 is 7.82 Å². The van der Waals surface area contributed by atoms with E-state index >= 15 is 4.57 Å². The van der Waals surface area contributed by atoms with Gasteiger partial charge in [-0.2, -0.15) is 4.57 Å². The van der Waals surface area contributed by atoms with E-state index in [-0.39, 0.29) is 0 Å². The van der Waals surface area contributed by atoms with Crippen molar-refractivity contribution in [2.24, 2.45) is 0 Å². The molecule has 0 bridgehead atoms. The Bertz CT molecular complexity index is 1430. The van der Waals surface area contributed by atoms with Crippen molar-refractivity contribution in [3.05, 3.63) is 108 Å². The van der Waals surface area contributed by atoms with Crippen LogP contribution in [0.15, 0.2) is 74.3 Å². The molecule has 0 aromatic heterocycles. The van der Waals surface area contributed by atoms with E-state index in [1.54, 1.807) is 0 Å². The minimum absolute atomic E-state index is 0.515. The van der Waals surface area contributed by atoms with Crippen molar-refractivity contribution in [3.8, 4) is 17.2 Å². The third-order valence-corrected chi connectivity index (χ3v) is 10.4. The Balaban J connectivity index is 2.17. The molecule has 0 fully saturated rings. The summed E-state index contributed by atoms with van der Waals surface area (Å²) in [7, 11) is -4.28. The van der Waals surface area contributed by atoms with Gasteiger partial charge in [-0.25, -0.2) is 0 Å². The molecule has 0 spiro atoms. The summed E-state index contributed by atoms with van der Waals surface area (Å²) in [6.07, 6.45) is 14.2. The van der Waals surface area contributed by atoms with Gasteiger partial charge in [0.2, 0.25) is 0 Å². The molecule has 0 saturated heterocycles. The van der Waals surface area contributed by atoms with Crippen LogP contribution in [-0.2, 0) is 23.8 Å². The highest BCUT2D eigenvalue weighted by Gasteiger charge is 2.36. The number of benzene rings is 3. The van der Waals surface area contributed by atoms with Gasteiger partial charge in [0, 0.05) is 0 Å². The van der Waals surface area contributed by atoms with E-state index in [2.05, 4.69) is 79.5 Å². The second-order valence-corrected chi connectivity index (χ2v) is 15.0. The normalized spacial score (nSPS) is 11.3. The van der Waals surface area contributed by atoms with Crippen molar-refractivity contribution in [3.63, 3.8) is 0 Å². The van der Waals surface area contributed by atoms with Crippen LogP contribution in [0.5, 0.6) is 17.2 Å². The highest BCUT2D eigenvalue weighted by Crippen LogP contribution is 2.52. The fraction of sp³-hybridized carbons (Fsp3) is 0.467. The Morgan fingerprint density at radius 2 is 0.760 bits per heavy atom. The molecule has 5 heteroatoms. The lowest BCUT2D eigenvalue weighted by Crippen LogP contribution is -2.11. The van der Waals surface area contributed by atoms with E-state index in [4.69, 9.17) is 13.6 Å². The monoisotopic (exact) mass is 698 g/mol. The van der Waals surface area contributed by atoms with Crippen LogP contribution < -0.4 is 13.6 Å². The molecule has 0 aliphatic carbocycles. The summed E-state index contributed by atoms with van der Waals surface area (Å²) in [5, 5.41) is 0. The maximum atomic E-state index is 15.2. The van der Waals surface area contributed by atoms with Gasteiger partial charge < -0.3 is 13.6 Å². The van der Waals surface area contributed by atoms with Gasteiger partial charge in [0.1, 0.15) is 17.2 Å². The molecule has 3 aromatic rings. The fourth-order valence-electron chi connectivity index (χ4n) is 6.11. The molecule has 50 heavy (non-hydrogen) atoms. The Labute approximate surface area is 304 Å². The number of hydrogen-bond acceptors (Lipinski definition) is 4. The van der Waals surface area contributed by atoms with Gasteiger partial charge in [0.25, 0.3) is 0 Å². The molecule has 0 saturated carbocycles. The molecule has 0 aliphatic rings. The van der Waals surface area contributed by atoms with Crippen LogP contribution in [0.25, 0.3) is 16.7 Å². The SMILES string of the molecule is C=C(CCC)c1ccc(OP(=O)(Oc2ccc(C(=C)CCC)cc2CCCC)Oc2ccc(C(=C)CCC)cc2CCCC)c(CCCC)c1. The van der Waals surface area contributed by atoms with Gasteiger partial charge in [0.15, 0.2) is 0 Å². The predicted octanol–water partition coefficient (Wildman–Crippen LogP) is 14.8. The van der Waals surface area contributed by atoms with Crippen molar-refractivity contribution in [2.75, 3.05) is 0 Å². The van der Waals surface area contributed by atoms with Crippen LogP contribution in [0.3, 0.4) is 0 Å². The molecule has 0 atom stereocenters. The standard InChI is InChI=1S/C45H63O4P/c1-10-16-22-40-31-37(34(7)19-13-4)25-28-43(40)47-50(46,48-44-29-26-38(35(8)20-14-5)32-41(44)23-17-11-2)49-45-30-27-39(36(9)21-15-6)33-42(45)24-18-12-3/h25-33H,7-24H2,1-6H3. The lowest BCUT2D eigenvalue weighted by Gasteiger charge is -2.24. The van der Waals surface area contributed by atoms with Crippen LogP contribution in [0.4, 0.5) is 0 Å². The molecule has 0 unspecified atom stereocenters. The Morgan fingerprint density at radius 1 is 0.480 bits per heavy atom. The second kappa shape index (κ2) is 21.0. The lowest BCUT2D eigenvalue weighted by molar-refractivity contribution is 0.295. The highest BCUT2D eigenvalue weighted by atomic mass is 31.2. The maximum Gasteiger partial charge on any atom is 0.647 e. The topological polar surface area (TPSA) is 44.8 Å². The molecule has 4 nitrogen and oxygen atoms in total. The number of rotatable bonds is 24. The van der Waals surface area contributed by atoms with Gasteiger partial charge in [-0.3, -0.25) is 0 Å². The van der Waals surface area contributed by atoms with Gasteiger partial charge in [0.05, 0.1) is 0 Å². The molecule has 272 valence electrons. The van der Waals surface area contributed by atoms with E-state index in [9.17, 15) is 0 Å². The zero-order valence-corrected chi connectivity index (χ0v) is 32.9. The molecule has 3 aromatic carbocycles. The molecule has 0 aliphatic heterocycles. The molecular weight excluding hydrogens is 635 g/mol. The van der Waals surface area contributed by atoms with E-state index in [0.717, 1.165) is 146 Å². The maximum absolute atomic E-state index is 15.2. The minimum Gasteiger partial charge on any atom is -0.386 e. The van der Waals surface area contributed by atoms with Crippen LogP contribution in [0.2, 0.25) is 0 Å². The smallest absolute Gasteiger partial charge is 0.386 e. The number of unbranched alkanes of at least 4 members (excludes halogenated alkanes) is 3. The zero-order chi connectivity index (χ0) is 36.5. The summed E-state index contributed by atoms with van der Waals surface area (Å²) in [4.78, 5) is 0. The minimum atomic E-state index is -4.28. The third kappa shape index (κ3) is 12.1. The number of phosphoric acid groups is 1. The van der Waals surface area contributed by atoms with Crippen molar-refractivity contribution in [2.45, 2.75) is 138 Å². The molecule has 0 amide bonds. The summed E-state index contributed by atoms with van der Waals surface area (Å²) in [6, 6.07) is 18.2. The van der Waals surface area contributed by atoms with Gasteiger partial charge in [-0.15, -0.1) is 0 Å². The predicted molar refractivity (Wildman–Crippen MR) is 216 cm³/mol. The molecule has 0 heterocycles. The molecule has 3 rings (SSSR count). The van der Waals surface area contributed by atoms with Crippen molar-refractivity contribution in [1.29, 1.82) is 0 Å². The highest BCUT2D eigenvalue weighted by molar-refractivity contribution is 7.49. The Morgan fingerprint density at radius 3 is 1.00 bits per heavy atom. The van der Waals surface area contributed by atoms with Crippen molar-refractivity contribution in [1.82, 2.24) is 0 Å². The second-order valence-electron chi connectivity index (χ2n) is 13.6. The summed E-state index contributed by atoms with van der Waals surface area (Å²) >= 11 is 0. The van der Waals surface area contributed by atoms with Crippen LogP contribution in [0, 0.1) is 0 Å². The Hall–Kier alpha value is -3.49. The molecular formula is C45H63O4P. The summed E-state index contributed by atoms with van der Waals surface area (Å²) in [5.74, 6) is 1.54. The summed E-state index contributed by atoms with van der Waals surface area (Å²) in [6.45, 7) is 26.0. The summed E-state index contributed by atoms with van der Waals surface area (Å²) < 4.78 is 34.8. The van der Waals surface area contributed by atoms with E-state index in [0.29, 0.717) is 17.2 Å². The Kier molecular flexibility index (Phi) is 17.2. The zero-order valence-electron chi connectivity index (χ0n) is 32.0. The first-order valence-corrected chi connectivity index (χ1v) is 20.7. The molecule has 0 N–H and O–H groups in total. The number of phosphoric ester groups is 1. The number of aryl methyl sites for hydroxylation is 3. The summed E-state index contributed by atoms with van der Waals surface area (Å²) in [5.41, 5.74) is 9.43. The first-order chi connectivity index (χ1) is 24.1. The first-order valence-electron chi connectivity index (χ1n) is 19.2. The van der Waals surface area contributed by atoms with E-state index < -0.39 is 7.82 Å². The van der Waals surface area contributed by atoms with Gasteiger partial charge in [-0.05, 0) is 144 Å². The lowest BCUT2D eigenvalue weighted by atomic mass is 9.98. The average Bonchev–Trinajstić information content (AvgIpc) is 3.10. The van der Waals surface area contributed by atoms with Crippen LogP contribution in [-0.4, -0.2) is 0 Å². The van der Waals surface area contributed by atoms with Crippen molar-refractivity contribution < 1.29 is 18.1 Å².